The number of anilines is 1. The Hall–Kier alpha value is -2.52. The van der Waals surface area contributed by atoms with Gasteiger partial charge in [0.05, 0.1) is 11.5 Å². The second-order valence-electron chi connectivity index (χ2n) is 7.44. The third-order valence-electron chi connectivity index (χ3n) is 5.29. The van der Waals surface area contributed by atoms with Gasteiger partial charge in [-0.25, -0.2) is 4.98 Å². The van der Waals surface area contributed by atoms with Gasteiger partial charge in [-0.1, -0.05) is 25.3 Å². The van der Waals surface area contributed by atoms with Crippen LogP contribution in [0.4, 0.5) is 5.82 Å². The number of ether oxygens (including phenoxy) is 1. The number of aromatic amines is 1. The minimum atomic E-state index is -0.142. The molecule has 0 bridgehead atoms. The first kappa shape index (κ1) is 20.7. The van der Waals surface area contributed by atoms with Crippen molar-refractivity contribution in [1.82, 2.24) is 19.7 Å². The molecule has 1 amide bonds. The summed E-state index contributed by atoms with van der Waals surface area (Å²) in [5, 5.41) is 12.0. The highest BCUT2D eigenvalue weighted by atomic mass is 32.1. The molecule has 30 heavy (non-hydrogen) atoms. The van der Waals surface area contributed by atoms with E-state index in [0.717, 1.165) is 10.7 Å². The van der Waals surface area contributed by atoms with Gasteiger partial charge in [0.15, 0.2) is 22.2 Å². The summed E-state index contributed by atoms with van der Waals surface area (Å²) in [6.07, 6.45) is 8.19. The van der Waals surface area contributed by atoms with Crippen LogP contribution in [-0.4, -0.2) is 32.3 Å². The van der Waals surface area contributed by atoms with E-state index in [1.807, 2.05) is 34.2 Å². The topological polar surface area (TPSA) is 84.8 Å². The number of pyridine rings is 1. The molecule has 158 valence electrons. The molecule has 3 aromatic rings. The normalized spacial score (nSPS) is 14.5. The predicted octanol–water partition coefficient (Wildman–Crippen LogP) is 5.05. The zero-order valence-electron chi connectivity index (χ0n) is 16.7. The fourth-order valence-electron chi connectivity index (χ4n) is 3.69. The lowest BCUT2D eigenvalue weighted by Gasteiger charge is -2.22. The number of rotatable bonds is 8. The molecule has 0 unspecified atom stereocenters. The Kier molecular flexibility index (Phi) is 6.91. The molecule has 2 N–H and O–H groups in total. The smallest absolute Gasteiger partial charge is 0.227 e. The number of nitrogens with one attached hydrogen (secondary N) is 2. The molecule has 0 saturated heterocycles. The minimum Gasteiger partial charge on any atom is -0.489 e. The van der Waals surface area contributed by atoms with E-state index in [1.54, 1.807) is 17.5 Å². The first-order valence-corrected chi connectivity index (χ1v) is 11.6. The van der Waals surface area contributed by atoms with Crippen molar-refractivity contribution in [2.24, 2.45) is 5.92 Å². The molecule has 0 aromatic carbocycles. The number of hydrogen-bond donors (Lipinski definition) is 2. The SMILES string of the molecule is O=C(CCn1c(-c2cccs2)n[nH]c1=S)Nc1ncccc1OCC1CCCCC1. The predicted molar refractivity (Wildman–Crippen MR) is 120 cm³/mol. The molecule has 9 heteroatoms. The summed E-state index contributed by atoms with van der Waals surface area (Å²) >= 11 is 6.91. The van der Waals surface area contributed by atoms with Crippen LogP contribution < -0.4 is 10.1 Å². The average Bonchev–Trinajstić information content (AvgIpc) is 3.42. The van der Waals surface area contributed by atoms with E-state index in [9.17, 15) is 4.79 Å². The molecule has 3 heterocycles. The molecule has 3 aromatic heterocycles. The Bertz CT molecular complexity index is 1020. The van der Waals surface area contributed by atoms with Crippen LogP contribution in [0.5, 0.6) is 5.75 Å². The molecule has 1 saturated carbocycles. The van der Waals surface area contributed by atoms with Gasteiger partial charge < -0.3 is 10.1 Å². The molecule has 7 nitrogen and oxygen atoms in total. The quantitative estimate of drug-likeness (QED) is 0.476. The Morgan fingerprint density at radius 1 is 1.30 bits per heavy atom. The zero-order chi connectivity index (χ0) is 20.8. The van der Waals surface area contributed by atoms with E-state index in [4.69, 9.17) is 17.0 Å². The number of carbonyl (C=O) groups is 1. The van der Waals surface area contributed by atoms with Crippen molar-refractivity contribution >= 4 is 35.3 Å². The molecular weight excluding hydrogens is 418 g/mol. The molecule has 1 fully saturated rings. The van der Waals surface area contributed by atoms with Crippen LogP contribution in [0, 0.1) is 10.7 Å². The zero-order valence-corrected chi connectivity index (χ0v) is 18.3. The highest BCUT2D eigenvalue weighted by Crippen LogP contribution is 2.27. The van der Waals surface area contributed by atoms with Crippen molar-refractivity contribution in [3.63, 3.8) is 0 Å². The van der Waals surface area contributed by atoms with Crippen LogP contribution in [0.2, 0.25) is 0 Å². The van der Waals surface area contributed by atoms with Crippen molar-refractivity contribution < 1.29 is 9.53 Å². The minimum absolute atomic E-state index is 0.142. The fourth-order valence-corrected chi connectivity index (χ4v) is 4.63. The Morgan fingerprint density at radius 2 is 2.17 bits per heavy atom. The van der Waals surface area contributed by atoms with Crippen LogP contribution in [0.25, 0.3) is 10.7 Å². The van der Waals surface area contributed by atoms with Crippen LogP contribution in [0.1, 0.15) is 38.5 Å². The maximum atomic E-state index is 12.6. The first-order chi connectivity index (χ1) is 14.7. The Morgan fingerprint density at radius 3 is 2.97 bits per heavy atom. The molecule has 4 rings (SSSR count). The van der Waals surface area contributed by atoms with E-state index in [-0.39, 0.29) is 12.3 Å². The van der Waals surface area contributed by atoms with Crippen LogP contribution >= 0.6 is 23.6 Å². The number of carbonyl (C=O) groups excluding carboxylic acids is 1. The summed E-state index contributed by atoms with van der Waals surface area (Å²) in [4.78, 5) is 17.9. The van der Waals surface area contributed by atoms with E-state index in [2.05, 4.69) is 20.5 Å². The van der Waals surface area contributed by atoms with Gasteiger partial charge in [0.1, 0.15) is 0 Å². The molecule has 0 radical (unpaired) electrons. The number of thiophene rings is 1. The summed E-state index contributed by atoms with van der Waals surface area (Å²) in [5.74, 6) is 2.28. The Labute approximate surface area is 184 Å². The molecule has 0 atom stereocenters. The van der Waals surface area contributed by atoms with E-state index >= 15 is 0 Å². The summed E-state index contributed by atoms with van der Waals surface area (Å²) in [6, 6.07) is 7.62. The lowest BCUT2D eigenvalue weighted by atomic mass is 9.90. The third kappa shape index (κ3) is 5.14. The van der Waals surface area contributed by atoms with Crippen molar-refractivity contribution in [2.75, 3.05) is 11.9 Å². The number of aromatic nitrogens is 4. The van der Waals surface area contributed by atoms with Crippen molar-refractivity contribution in [3.05, 3.63) is 40.6 Å². The largest absolute Gasteiger partial charge is 0.489 e. The van der Waals surface area contributed by atoms with Gasteiger partial charge in [0.25, 0.3) is 0 Å². The number of amides is 1. The second kappa shape index (κ2) is 9.99. The lowest BCUT2D eigenvalue weighted by molar-refractivity contribution is -0.116. The van der Waals surface area contributed by atoms with E-state index in [0.29, 0.717) is 35.4 Å². The summed E-state index contributed by atoms with van der Waals surface area (Å²) in [6.45, 7) is 1.10. The summed E-state index contributed by atoms with van der Waals surface area (Å²) in [7, 11) is 0. The van der Waals surface area contributed by atoms with E-state index in [1.165, 1.54) is 32.1 Å². The van der Waals surface area contributed by atoms with Gasteiger partial charge in [0, 0.05) is 19.2 Å². The van der Waals surface area contributed by atoms with Crippen LogP contribution in [0.15, 0.2) is 35.8 Å². The van der Waals surface area contributed by atoms with Gasteiger partial charge in [-0.3, -0.25) is 14.5 Å². The monoisotopic (exact) mass is 443 g/mol. The van der Waals surface area contributed by atoms with Crippen LogP contribution in [0.3, 0.4) is 0 Å². The van der Waals surface area contributed by atoms with Gasteiger partial charge in [0.2, 0.25) is 5.91 Å². The number of nitrogens with zero attached hydrogens (tertiary/aromatic N) is 3. The van der Waals surface area contributed by atoms with Gasteiger partial charge in [-0.15, -0.1) is 11.3 Å². The fraction of sp³-hybridized carbons (Fsp3) is 0.429. The highest BCUT2D eigenvalue weighted by molar-refractivity contribution is 7.71. The molecule has 0 aliphatic heterocycles. The lowest BCUT2D eigenvalue weighted by Crippen LogP contribution is -2.18. The molecule has 0 spiro atoms. The van der Waals surface area contributed by atoms with E-state index < -0.39 is 0 Å². The standard InChI is InChI=1S/C21H25N5O2S2/c27-18(10-12-26-20(24-25-21(26)29)17-9-5-13-30-17)23-19-16(8-4-11-22-19)28-14-15-6-2-1-3-7-15/h4-5,8-9,11,13,15H,1-3,6-7,10,12,14H2,(H,25,29)(H,22,23,27). The maximum Gasteiger partial charge on any atom is 0.227 e. The van der Waals surface area contributed by atoms with Crippen LogP contribution in [-0.2, 0) is 11.3 Å². The molecule has 1 aliphatic carbocycles. The highest BCUT2D eigenvalue weighted by Gasteiger charge is 2.16. The molecular formula is C21H25N5O2S2. The molecule has 1 aliphatic rings. The van der Waals surface area contributed by atoms with Crippen molar-refractivity contribution in [2.45, 2.75) is 45.1 Å². The van der Waals surface area contributed by atoms with Gasteiger partial charge in [-0.05, 0) is 54.6 Å². The first-order valence-electron chi connectivity index (χ1n) is 10.3. The maximum absolute atomic E-state index is 12.6. The summed E-state index contributed by atoms with van der Waals surface area (Å²) in [5.41, 5.74) is 0. The van der Waals surface area contributed by atoms with Gasteiger partial charge in [-0.2, -0.15) is 5.10 Å². The van der Waals surface area contributed by atoms with Crippen molar-refractivity contribution in [1.29, 1.82) is 0 Å². The second-order valence-corrected chi connectivity index (χ2v) is 8.78. The van der Waals surface area contributed by atoms with Gasteiger partial charge >= 0.3 is 0 Å². The number of H-pyrrole nitrogens is 1. The average molecular weight is 444 g/mol. The Balaban J connectivity index is 1.36. The third-order valence-corrected chi connectivity index (χ3v) is 6.47. The van der Waals surface area contributed by atoms with Crippen molar-refractivity contribution in [3.8, 4) is 16.5 Å². The number of hydrogen-bond acceptors (Lipinski definition) is 6. The summed E-state index contributed by atoms with van der Waals surface area (Å²) < 4.78 is 8.35.